The summed E-state index contributed by atoms with van der Waals surface area (Å²) in [7, 11) is 3.34. The van der Waals surface area contributed by atoms with Gasteiger partial charge in [-0.05, 0) is 30.3 Å². The van der Waals surface area contributed by atoms with Gasteiger partial charge in [0.1, 0.15) is 11.5 Å². The van der Waals surface area contributed by atoms with Gasteiger partial charge in [-0.3, -0.25) is 0 Å². The molecule has 1 N–H and O–H groups in total. The zero-order valence-corrected chi connectivity index (χ0v) is 10.6. The molecule has 0 spiro atoms. The van der Waals surface area contributed by atoms with Gasteiger partial charge in [-0.1, -0.05) is 18.2 Å². The van der Waals surface area contributed by atoms with E-state index in [4.69, 9.17) is 9.47 Å². The van der Waals surface area contributed by atoms with Crippen molar-refractivity contribution in [3.8, 4) is 11.5 Å². The Morgan fingerprint density at radius 2 is 1.72 bits per heavy atom. The maximum atomic E-state index is 5.34. The molecule has 0 atom stereocenters. The van der Waals surface area contributed by atoms with Crippen LogP contribution in [-0.2, 0) is 6.54 Å². The zero-order chi connectivity index (χ0) is 12.8. The Hall–Kier alpha value is -2.16. The average Bonchev–Trinajstić information content (AvgIpc) is 2.45. The van der Waals surface area contributed by atoms with Gasteiger partial charge in [-0.25, -0.2) is 0 Å². The second-order valence-electron chi connectivity index (χ2n) is 3.90. The Morgan fingerprint density at radius 1 is 0.944 bits per heavy atom. The van der Waals surface area contributed by atoms with Gasteiger partial charge in [0.15, 0.2) is 0 Å². The molecule has 0 saturated heterocycles. The molecule has 0 aliphatic rings. The quantitative estimate of drug-likeness (QED) is 0.873. The molecule has 0 aliphatic heterocycles. The molecule has 0 radical (unpaired) electrons. The monoisotopic (exact) mass is 243 g/mol. The van der Waals surface area contributed by atoms with Crippen molar-refractivity contribution >= 4 is 5.69 Å². The summed E-state index contributed by atoms with van der Waals surface area (Å²) in [5.74, 6) is 1.69. The Balaban J connectivity index is 2.12. The van der Waals surface area contributed by atoms with Crippen molar-refractivity contribution in [2.45, 2.75) is 6.54 Å². The van der Waals surface area contributed by atoms with Crippen LogP contribution >= 0.6 is 0 Å². The Kier molecular flexibility index (Phi) is 4.07. The fourth-order valence-electron chi connectivity index (χ4n) is 1.77. The van der Waals surface area contributed by atoms with Crippen molar-refractivity contribution in [1.29, 1.82) is 0 Å². The van der Waals surface area contributed by atoms with Gasteiger partial charge in [0.2, 0.25) is 0 Å². The number of ether oxygens (including phenoxy) is 2. The molecule has 18 heavy (non-hydrogen) atoms. The van der Waals surface area contributed by atoms with E-state index in [2.05, 4.69) is 5.32 Å². The lowest BCUT2D eigenvalue weighted by Gasteiger charge is -2.12. The molecule has 0 bridgehead atoms. The first-order chi connectivity index (χ1) is 8.83. The molecule has 0 fully saturated rings. The number of hydrogen-bond donors (Lipinski definition) is 1. The van der Waals surface area contributed by atoms with Crippen molar-refractivity contribution < 1.29 is 9.47 Å². The molecule has 0 heterocycles. The van der Waals surface area contributed by atoms with Gasteiger partial charge in [0.25, 0.3) is 0 Å². The normalized spacial score (nSPS) is 9.89. The molecule has 0 unspecified atom stereocenters. The Morgan fingerprint density at radius 3 is 2.39 bits per heavy atom. The average molecular weight is 243 g/mol. The van der Waals surface area contributed by atoms with E-state index in [1.165, 1.54) is 0 Å². The van der Waals surface area contributed by atoms with E-state index >= 15 is 0 Å². The molecule has 2 aromatic rings. The van der Waals surface area contributed by atoms with Crippen LogP contribution in [0.5, 0.6) is 11.5 Å². The smallest absolute Gasteiger partial charge is 0.124 e. The van der Waals surface area contributed by atoms with Gasteiger partial charge in [-0.2, -0.15) is 0 Å². The van der Waals surface area contributed by atoms with E-state index in [1.807, 2.05) is 48.5 Å². The second kappa shape index (κ2) is 5.96. The largest absolute Gasteiger partial charge is 0.497 e. The summed E-state index contributed by atoms with van der Waals surface area (Å²) in [5, 5.41) is 3.35. The van der Waals surface area contributed by atoms with Crippen molar-refractivity contribution in [2.24, 2.45) is 0 Å². The minimum absolute atomic E-state index is 0.699. The highest BCUT2D eigenvalue weighted by Crippen LogP contribution is 2.24. The summed E-state index contributed by atoms with van der Waals surface area (Å²) in [6.07, 6.45) is 0. The number of anilines is 1. The molecule has 94 valence electrons. The van der Waals surface area contributed by atoms with Crippen LogP contribution in [0.3, 0.4) is 0 Å². The van der Waals surface area contributed by atoms with E-state index in [-0.39, 0.29) is 0 Å². The molecular formula is C15H17NO2. The highest BCUT2D eigenvalue weighted by atomic mass is 16.5. The third-order valence-corrected chi connectivity index (χ3v) is 2.74. The van der Waals surface area contributed by atoms with E-state index in [9.17, 15) is 0 Å². The summed E-state index contributed by atoms with van der Waals surface area (Å²) in [6.45, 7) is 0.699. The first-order valence-corrected chi connectivity index (χ1v) is 5.83. The fourth-order valence-corrected chi connectivity index (χ4v) is 1.77. The van der Waals surface area contributed by atoms with E-state index in [0.29, 0.717) is 6.54 Å². The molecule has 0 amide bonds. The molecule has 0 aromatic heterocycles. The standard InChI is InChI=1S/C15H17NO2/c1-17-14-8-9-15(18-2)12(10-14)11-16-13-6-4-3-5-7-13/h3-10,16H,11H2,1-2H3. The number of rotatable bonds is 5. The summed E-state index contributed by atoms with van der Waals surface area (Å²) in [5.41, 5.74) is 2.16. The second-order valence-corrected chi connectivity index (χ2v) is 3.90. The maximum Gasteiger partial charge on any atom is 0.124 e. The van der Waals surface area contributed by atoms with Gasteiger partial charge < -0.3 is 14.8 Å². The molecule has 2 rings (SSSR count). The molecule has 0 saturated carbocycles. The van der Waals surface area contributed by atoms with Crippen LogP contribution in [0, 0.1) is 0 Å². The van der Waals surface area contributed by atoms with Crippen molar-refractivity contribution in [3.05, 3.63) is 54.1 Å². The summed E-state index contributed by atoms with van der Waals surface area (Å²) < 4.78 is 10.6. The number of hydrogen-bond acceptors (Lipinski definition) is 3. The highest BCUT2D eigenvalue weighted by molar-refractivity contribution is 5.46. The third-order valence-electron chi connectivity index (χ3n) is 2.74. The van der Waals surface area contributed by atoms with E-state index in [0.717, 1.165) is 22.7 Å². The lowest BCUT2D eigenvalue weighted by molar-refractivity contribution is 0.399. The van der Waals surface area contributed by atoms with E-state index in [1.54, 1.807) is 14.2 Å². The third kappa shape index (κ3) is 2.94. The highest BCUT2D eigenvalue weighted by Gasteiger charge is 2.04. The Bertz CT molecular complexity index is 497. The lowest BCUT2D eigenvalue weighted by atomic mass is 10.2. The van der Waals surface area contributed by atoms with Gasteiger partial charge in [0, 0.05) is 17.8 Å². The number of methoxy groups -OCH3 is 2. The summed E-state index contributed by atoms with van der Waals surface area (Å²) in [4.78, 5) is 0. The minimum atomic E-state index is 0.699. The van der Waals surface area contributed by atoms with Gasteiger partial charge >= 0.3 is 0 Å². The van der Waals surface area contributed by atoms with Crippen LogP contribution < -0.4 is 14.8 Å². The molecule has 3 heteroatoms. The predicted molar refractivity (Wildman–Crippen MR) is 73.3 cm³/mol. The van der Waals surface area contributed by atoms with Crippen molar-refractivity contribution in [3.63, 3.8) is 0 Å². The molecule has 2 aromatic carbocycles. The van der Waals surface area contributed by atoms with Gasteiger partial charge in [-0.15, -0.1) is 0 Å². The van der Waals surface area contributed by atoms with Crippen LogP contribution in [0.2, 0.25) is 0 Å². The first-order valence-electron chi connectivity index (χ1n) is 5.83. The van der Waals surface area contributed by atoms with Crippen LogP contribution in [0.1, 0.15) is 5.56 Å². The topological polar surface area (TPSA) is 30.5 Å². The maximum absolute atomic E-state index is 5.34. The van der Waals surface area contributed by atoms with Crippen molar-refractivity contribution in [1.82, 2.24) is 0 Å². The minimum Gasteiger partial charge on any atom is -0.497 e. The fraction of sp³-hybridized carbons (Fsp3) is 0.200. The predicted octanol–water partition coefficient (Wildman–Crippen LogP) is 3.32. The lowest BCUT2D eigenvalue weighted by Crippen LogP contribution is -2.02. The van der Waals surface area contributed by atoms with Crippen molar-refractivity contribution in [2.75, 3.05) is 19.5 Å². The van der Waals surface area contributed by atoms with E-state index < -0.39 is 0 Å². The number of nitrogens with one attached hydrogen (secondary N) is 1. The molecular weight excluding hydrogens is 226 g/mol. The SMILES string of the molecule is COc1ccc(OC)c(CNc2ccccc2)c1. The zero-order valence-electron chi connectivity index (χ0n) is 10.6. The summed E-state index contributed by atoms with van der Waals surface area (Å²) >= 11 is 0. The first kappa shape index (κ1) is 12.3. The molecule has 3 nitrogen and oxygen atoms in total. The summed E-state index contributed by atoms with van der Waals surface area (Å²) in [6, 6.07) is 15.9. The number of para-hydroxylation sites is 1. The van der Waals surface area contributed by atoms with Crippen LogP contribution in [0.4, 0.5) is 5.69 Å². The molecule has 0 aliphatic carbocycles. The van der Waals surface area contributed by atoms with Gasteiger partial charge in [0.05, 0.1) is 14.2 Å². The Labute approximate surface area is 107 Å². The van der Waals surface area contributed by atoms with Crippen LogP contribution in [0.15, 0.2) is 48.5 Å². The van der Waals surface area contributed by atoms with Crippen LogP contribution in [-0.4, -0.2) is 14.2 Å². The number of benzene rings is 2. The van der Waals surface area contributed by atoms with Crippen LogP contribution in [0.25, 0.3) is 0 Å².